The lowest BCUT2D eigenvalue weighted by Crippen LogP contribution is -2.24. The van der Waals surface area contributed by atoms with Crippen molar-refractivity contribution in [2.45, 2.75) is 20.4 Å². The van der Waals surface area contributed by atoms with Gasteiger partial charge in [0, 0.05) is 20.0 Å². The maximum atomic E-state index is 11.3. The number of ether oxygens (including phenoxy) is 2. The normalized spacial score (nSPS) is 12.9. The van der Waals surface area contributed by atoms with Crippen molar-refractivity contribution in [2.24, 2.45) is 0 Å². The molecular formula is C14H15NO4. The minimum Gasteiger partial charge on any atom is -0.493 e. The van der Waals surface area contributed by atoms with E-state index < -0.39 is 5.97 Å². The number of esters is 1. The molecule has 1 heterocycles. The van der Waals surface area contributed by atoms with Gasteiger partial charge in [-0.05, 0) is 29.3 Å². The molecule has 0 saturated carbocycles. The molecule has 1 aromatic rings. The van der Waals surface area contributed by atoms with Gasteiger partial charge in [0.1, 0.15) is 0 Å². The fourth-order valence-electron chi connectivity index (χ4n) is 1.93. The predicted octanol–water partition coefficient (Wildman–Crippen LogP) is 1.95. The Morgan fingerprint density at radius 2 is 1.95 bits per heavy atom. The van der Waals surface area contributed by atoms with Crippen molar-refractivity contribution in [2.75, 3.05) is 7.11 Å². The van der Waals surface area contributed by atoms with Crippen LogP contribution in [0.2, 0.25) is 0 Å². The molecule has 1 amide bonds. The molecule has 0 unspecified atom stereocenters. The molecule has 0 radical (unpaired) electrons. The summed E-state index contributed by atoms with van der Waals surface area (Å²) in [5.41, 5.74) is 1.86. The van der Waals surface area contributed by atoms with Crippen molar-refractivity contribution in [3.05, 3.63) is 29.5 Å². The molecular weight excluding hydrogens is 246 g/mol. The van der Waals surface area contributed by atoms with E-state index in [9.17, 15) is 9.59 Å². The fourth-order valence-corrected chi connectivity index (χ4v) is 1.93. The fraction of sp³-hybridized carbons (Fsp3) is 0.286. The summed E-state index contributed by atoms with van der Waals surface area (Å²) in [6.45, 7) is 3.34. The molecule has 0 aliphatic carbocycles. The van der Waals surface area contributed by atoms with Gasteiger partial charge in [0.15, 0.2) is 11.5 Å². The van der Waals surface area contributed by atoms with Crippen LogP contribution in [0, 0.1) is 0 Å². The quantitative estimate of drug-likeness (QED) is 0.603. The van der Waals surface area contributed by atoms with Crippen molar-refractivity contribution >= 4 is 18.0 Å². The molecule has 1 aromatic carbocycles. The average molecular weight is 261 g/mol. The van der Waals surface area contributed by atoms with E-state index in [2.05, 4.69) is 0 Å². The summed E-state index contributed by atoms with van der Waals surface area (Å²) >= 11 is 0. The lowest BCUT2D eigenvalue weighted by molar-refractivity contribution is -0.132. The van der Waals surface area contributed by atoms with E-state index in [0.717, 1.165) is 11.1 Å². The van der Waals surface area contributed by atoms with E-state index in [4.69, 9.17) is 9.47 Å². The number of hydrogen-bond acceptors (Lipinski definition) is 4. The second-order valence-corrected chi connectivity index (χ2v) is 4.26. The molecule has 0 saturated heterocycles. The number of carbonyl (C=O) groups is 2. The standard InChI is InChI=1S/C14H15NO4/c1-9(16)15-5-4-11-6-14(19-10(2)17)13(18-3)7-12(11)8-15/h4-7H,8H2,1-3H3. The number of methoxy groups -OCH3 is 1. The Hall–Kier alpha value is -2.30. The number of benzene rings is 1. The van der Waals surface area contributed by atoms with Crippen molar-refractivity contribution in [3.63, 3.8) is 0 Å². The van der Waals surface area contributed by atoms with Gasteiger partial charge >= 0.3 is 5.97 Å². The van der Waals surface area contributed by atoms with Gasteiger partial charge in [0.25, 0.3) is 0 Å². The Labute approximate surface area is 111 Å². The van der Waals surface area contributed by atoms with Gasteiger partial charge in [-0.25, -0.2) is 0 Å². The third-order valence-corrected chi connectivity index (χ3v) is 2.86. The average Bonchev–Trinajstić information content (AvgIpc) is 2.36. The Kier molecular flexibility index (Phi) is 3.55. The van der Waals surface area contributed by atoms with Gasteiger partial charge in [-0.15, -0.1) is 0 Å². The van der Waals surface area contributed by atoms with Crippen molar-refractivity contribution in [3.8, 4) is 11.5 Å². The van der Waals surface area contributed by atoms with Crippen LogP contribution < -0.4 is 9.47 Å². The number of hydrogen-bond donors (Lipinski definition) is 0. The van der Waals surface area contributed by atoms with E-state index in [-0.39, 0.29) is 5.91 Å². The number of carbonyl (C=O) groups excluding carboxylic acids is 2. The van der Waals surface area contributed by atoms with E-state index in [1.807, 2.05) is 6.08 Å². The minimum absolute atomic E-state index is 0.0232. The van der Waals surface area contributed by atoms with Crippen molar-refractivity contribution in [1.82, 2.24) is 4.90 Å². The maximum Gasteiger partial charge on any atom is 0.308 e. The van der Waals surface area contributed by atoms with Gasteiger partial charge in [0.2, 0.25) is 5.91 Å². The van der Waals surface area contributed by atoms with Gasteiger partial charge in [0.05, 0.1) is 13.7 Å². The molecule has 0 atom stereocenters. The van der Waals surface area contributed by atoms with Crippen LogP contribution in [0.5, 0.6) is 11.5 Å². The highest BCUT2D eigenvalue weighted by Crippen LogP contribution is 2.33. The molecule has 5 nitrogen and oxygen atoms in total. The van der Waals surface area contributed by atoms with E-state index in [1.54, 1.807) is 23.2 Å². The zero-order chi connectivity index (χ0) is 14.0. The molecule has 100 valence electrons. The molecule has 0 spiro atoms. The van der Waals surface area contributed by atoms with Crippen LogP contribution in [0.25, 0.3) is 6.08 Å². The van der Waals surface area contributed by atoms with E-state index >= 15 is 0 Å². The lowest BCUT2D eigenvalue weighted by atomic mass is 10.0. The molecule has 0 bridgehead atoms. The Bertz CT molecular complexity index is 563. The molecule has 1 aliphatic heterocycles. The summed E-state index contributed by atoms with van der Waals surface area (Å²) in [5, 5.41) is 0. The molecule has 5 heteroatoms. The van der Waals surface area contributed by atoms with Crippen LogP contribution >= 0.6 is 0 Å². The third-order valence-electron chi connectivity index (χ3n) is 2.86. The highest BCUT2D eigenvalue weighted by molar-refractivity contribution is 5.78. The van der Waals surface area contributed by atoms with Gasteiger partial charge < -0.3 is 14.4 Å². The highest BCUT2D eigenvalue weighted by atomic mass is 16.6. The maximum absolute atomic E-state index is 11.3. The van der Waals surface area contributed by atoms with E-state index in [1.165, 1.54) is 21.0 Å². The zero-order valence-electron chi connectivity index (χ0n) is 11.1. The SMILES string of the molecule is COc1cc2c(cc1OC(C)=O)C=CN(C(C)=O)C2. The first-order chi connectivity index (χ1) is 9.01. The number of rotatable bonds is 2. The van der Waals surface area contributed by atoms with Gasteiger partial charge in [-0.3, -0.25) is 9.59 Å². The van der Waals surface area contributed by atoms with Gasteiger partial charge in [-0.2, -0.15) is 0 Å². The molecule has 1 aliphatic rings. The second-order valence-electron chi connectivity index (χ2n) is 4.26. The molecule has 0 aromatic heterocycles. The Morgan fingerprint density at radius 1 is 1.21 bits per heavy atom. The third kappa shape index (κ3) is 2.76. The highest BCUT2D eigenvalue weighted by Gasteiger charge is 2.18. The Balaban J connectivity index is 2.40. The number of amides is 1. The van der Waals surface area contributed by atoms with Crippen LogP contribution in [-0.2, 0) is 16.1 Å². The van der Waals surface area contributed by atoms with Crippen LogP contribution in [0.4, 0.5) is 0 Å². The number of fused-ring (bicyclic) bond motifs is 1. The summed E-state index contributed by atoms with van der Waals surface area (Å²) < 4.78 is 10.3. The predicted molar refractivity (Wildman–Crippen MR) is 69.6 cm³/mol. The van der Waals surface area contributed by atoms with Crippen molar-refractivity contribution < 1.29 is 19.1 Å². The first kappa shape index (κ1) is 13.1. The lowest BCUT2D eigenvalue weighted by Gasteiger charge is -2.23. The molecule has 0 N–H and O–H groups in total. The first-order valence-electron chi connectivity index (χ1n) is 5.86. The van der Waals surface area contributed by atoms with E-state index in [0.29, 0.717) is 18.0 Å². The van der Waals surface area contributed by atoms with Crippen LogP contribution in [0.15, 0.2) is 18.3 Å². The van der Waals surface area contributed by atoms with Crippen LogP contribution in [-0.4, -0.2) is 23.9 Å². The topological polar surface area (TPSA) is 55.8 Å². The van der Waals surface area contributed by atoms with Gasteiger partial charge in [-0.1, -0.05) is 0 Å². The molecule has 19 heavy (non-hydrogen) atoms. The Morgan fingerprint density at radius 3 is 2.53 bits per heavy atom. The molecule has 0 fully saturated rings. The summed E-state index contributed by atoms with van der Waals surface area (Å²) in [5.74, 6) is 0.441. The number of nitrogens with zero attached hydrogens (tertiary/aromatic N) is 1. The summed E-state index contributed by atoms with van der Waals surface area (Å²) in [7, 11) is 1.51. The largest absolute Gasteiger partial charge is 0.493 e. The summed E-state index contributed by atoms with van der Waals surface area (Å²) in [6.07, 6.45) is 3.53. The first-order valence-corrected chi connectivity index (χ1v) is 5.86. The second kappa shape index (κ2) is 5.14. The monoisotopic (exact) mass is 261 g/mol. The van der Waals surface area contributed by atoms with Crippen LogP contribution in [0.3, 0.4) is 0 Å². The minimum atomic E-state index is -0.400. The smallest absolute Gasteiger partial charge is 0.308 e. The zero-order valence-corrected chi connectivity index (χ0v) is 11.1. The summed E-state index contributed by atoms with van der Waals surface area (Å²) in [6, 6.07) is 3.52. The summed E-state index contributed by atoms with van der Waals surface area (Å²) in [4.78, 5) is 24.0. The van der Waals surface area contributed by atoms with Crippen molar-refractivity contribution in [1.29, 1.82) is 0 Å². The molecule has 2 rings (SSSR count). The van der Waals surface area contributed by atoms with Crippen LogP contribution in [0.1, 0.15) is 25.0 Å².